The Morgan fingerprint density at radius 1 is 1.27 bits per heavy atom. The largest absolute Gasteiger partial charge is 0.497 e. The topological polar surface area (TPSA) is 90.6 Å². The summed E-state index contributed by atoms with van der Waals surface area (Å²) in [5.74, 6) is 0.958. The number of benzene rings is 1. The van der Waals surface area contributed by atoms with E-state index in [0.717, 1.165) is 19.3 Å². The van der Waals surface area contributed by atoms with Gasteiger partial charge in [-0.1, -0.05) is 6.42 Å². The molecule has 1 aliphatic rings. The highest BCUT2D eigenvalue weighted by Gasteiger charge is 2.31. The van der Waals surface area contributed by atoms with Crippen LogP contribution in [-0.2, 0) is 10.0 Å². The van der Waals surface area contributed by atoms with Crippen molar-refractivity contribution in [2.24, 2.45) is 11.7 Å². The van der Waals surface area contributed by atoms with E-state index in [4.69, 9.17) is 15.2 Å². The minimum atomic E-state index is -3.67. The van der Waals surface area contributed by atoms with Crippen molar-refractivity contribution >= 4 is 22.4 Å². The summed E-state index contributed by atoms with van der Waals surface area (Å²) in [5, 5.41) is 0. The number of methoxy groups -OCH3 is 2. The van der Waals surface area contributed by atoms with Gasteiger partial charge in [0.2, 0.25) is 10.0 Å². The van der Waals surface area contributed by atoms with Crippen LogP contribution < -0.4 is 19.9 Å². The summed E-state index contributed by atoms with van der Waals surface area (Å²) in [4.78, 5) is 0.0898. The average Bonchev–Trinajstić information content (AvgIpc) is 2.92. The maximum Gasteiger partial charge on any atom is 0.244 e. The van der Waals surface area contributed by atoms with Crippen molar-refractivity contribution in [1.29, 1.82) is 0 Å². The monoisotopic (exact) mass is 350 g/mol. The van der Waals surface area contributed by atoms with Crippen molar-refractivity contribution in [2.75, 3.05) is 20.8 Å². The van der Waals surface area contributed by atoms with E-state index in [2.05, 4.69) is 4.72 Å². The second-order valence-electron chi connectivity index (χ2n) is 5.17. The van der Waals surface area contributed by atoms with E-state index < -0.39 is 10.0 Å². The Labute approximate surface area is 137 Å². The number of ether oxygens (including phenoxy) is 2. The van der Waals surface area contributed by atoms with Gasteiger partial charge in [-0.25, -0.2) is 13.1 Å². The average molecular weight is 351 g/mol. The van der Waals surface area contributed by atoms with Crippen molar-refractivity contribution in [3.63, 3.8) is 0 Å². The summed E-state index contributed by atoms with van der Waals surface area (Å²) < 4.78 is 38.2. The molecule has 126 valence electrons. The number of rotatable bonds is 6. The molecule has 1 aliphatic carbocycles. The van der Waals surface area contributed by atoms with Crippen molar-refractivity contribution < 1.29 is 17.9 Å². The summed E-state index contributed by atoms with van der Waals surface area (Å²) in [6, 6.07) is 4.60. The highest BCUT2D eigenvalue weighted by atomic mass is 35.5. The summed E-state index contributed by atoms with van der Waals surface area (Å²) in [6.07, 6.45) is 2.76. The molecule has 0 spiro atoms. The Morgan fingerprint density at radius 3 is 2.59 bits per heavy atom. The second kappa shape index (κ2) is 8.01. The highest BCUT2D eigenvalue weighted by molar-refractivity contribution is 7.89. The molecule has 0 amide bonds. The molecule has 0 aliphatic heterocycles. The van der Waals surface area contributed by atoms with E-state index >= 15 is 0 Å². The Morgan fingerprint density at radius 2 is 2.00 bits per heavy atom. The molecule has 2 unspecified atom stereocenters. The zero-order valence-electron chi connectivity index (χ0n) is 12.7. The Balaban J connectivity index is 0.00000242. The van der Waals surface area contributed by atoms with E-state index in [1.807, 2.05) is 0 Å². The van der Waals surface area contributed by atoms with Gasteiger partial charge in [-0.05, 0) is 37.4 Å². The third-order valence-corrected chi connectivity index (χ3v) is 5.44. The van der Waals surface area contributed by atoms with Crippen molar-refractivity contribution in [3.8, 4) is 11.5 Å². The zero-order chi connectivity index (χ0) is 15.5. The maximum atomic E-state index is 12.6. The predicted octanol–water partition coefficient (Wildman–Crippen LogP) is 1.53. The van der Waals surface area contributed by atoms with Crippen molar-refractivity contribution in [1.82, 2.24) is 4.72 Å². The molecule has 0 saturated heterocycles. The first-order valence-electron chi connectivity index (χ1n) is 6.96. The van der Waals surface area contributed by atoms with Crippen LogP contribution in [0, 0.1) is 5.92 Å². The molecular weight excluding hydrogens is 328 g/mol. The molecule has 1 saturated carbocycles. The first-order chi connectivity index (χ1) is 10.0. The minimum absolute atomic E-state index is 0. The Hall–Kier alpha value is -1.02. The fraction of sp³-hybridized carbons (Fsp3) is 0.571. The molecule has 0 radical (unpaired) electrons. The van der Waals surface area contributed by atoms with Gasteiger partial charge in [-0.3, -0.25) is 0 Å². The highest BCUT2D eigenvalue weighted by Crippen LogP contribution is 2.31. The van der Waals surface area contributed by atoms with Gasteiger partial charge in [-0.15, -0.1) is 12.4 Å². The summed E-state index contributed by atoms with van der Waals surface area (Å²) in [5.41, 5.74) is 5.70. The Kier molecular flexibility index (Phi) is 6.93. The number of halogens is 1. The smallest absolute Gasteiger partial charge is 0.244 e. The van der Waals surface area contributed by atoms with E-state index in [1.54, 1.807) is 12.1 Å². The molecule has 0 heterocycles. The van der Waals surface area contributed by atoms with Gasteiger partial charge in [0.25, 0.3) is 0 Å². The lowest BCUT2D eigenvalue weighted by Gasteiger charge is -2.20. The SMILES string of the molecule is COc1ccc(OC)c(S(=O)(=O)NC2CCCC2CN)c1.Cl. The van der Waals surface area contributed by atoms with Crippen LogP contribution in [0.2, 0.25) is 0 Å². The molecule has 8 heteroatoms. The van der Waals surface area contributed by atoms with E-state index in [9.17, 15) is 8.42 Å². The molecule has 1 aromatic carbocycles. The van der Waals surface area contributed by atoms with Crippen LogP contribution in [0.1, 0.15) is 19.3 Å². The molecule has 2 rings (SSSR count). The van der Waals surface area contributed by atoms with E-state index in [0.29, 0.717) is 18.0 Å². The molecular formula is C14H23ClN2O4S. The van der Waals surface area contributed by atoms with Gasteiger partial charge in [0, 0.05) is 12.1 Å². The number of sulfonamides is 1. The molecule has 0 bridgehead atoms. The molecule has 2 atom stereocenters. The minimum Gasteiger partial charge on any atom is -0.497 e. The lowest BCUT2D eigenvalue weighted by atomic mass is 10.1. The van der Waals surface area contributed by atoms with Crippen LogP contribution >= 0.6 is 12.4 Å². The van der Waals surface area contributed by atoms with E-state index in [1.165, 1.54) is 20.3 Å². The molecule has 1 aromatic rings. The predicted molar refractivity (Wildman–Crippen MR) is 87.3 cm³/mol. The lowest BCUT2D eigenvalue weighted by molar-refractivity contribution is 0.390. The summed E-state index contributed by atoms with van der Waals surface area (Å²) in [7, 11) is -0.736. The fourth-order valence-electron chi connectivity index (χ4n) is 2.73. The van der Waals surface area contributed by atoms with Gasteiger partial charge in [-0.2, -0.15) is 0 Å². The number of nitrogens with two attached hydrogens (primary N) is 1. The normalized spacial score (nSPS) is 21.2. The zero-order valence-corrected chi connectivity index (χ0v) is 14.4. The molecule has 3 N–H and O–H groups in total. The fourth-order valence-corrected chi connectivity index (χ4v) is 4.25. The van der Waals surface area contributed by atoms with Gasteiger partial charge in [0.05, 0.1) is 14.2 Å². The first-order valence-corrected chi connectivity index (χ1v) is 8.44. The first kappa shape index (κ1) is 19.0. The van der Waals surface area contributed by atoms with Crippen LogP contribution in [0.5, 0.6) is 11.5 Å². The van der Waals surface area contributed by atoms with Crippen LogP contribution in [0.25, 0.3) is 0 Å². The third kappa shape index (κ3) is 4.04. The molecule has 0 aromatic heterocycles. The van der Waals surface area contributed by atoms with Crippen molar-refractivity contribution in [2.45, 2.75) is 30.2 Å². The van der Waals surface area contributed by atoms with E-state index in [-0.39, 0.29) is 29.3 Å². The molecule has 1 fully saturated rings. The van der Waals surface area contributed by atoms with Gasteiger partial charge in [0.1, 0.15) is 16.4 Å². The number of nitrogens with one attached hydrogen (secondary N) is 1. The summed E-state index contributed by atoms with van der Waals surface area (Å²) in [6.45, 7) is 0.489. The second-order valence-corrected chi connectivity index (χ2v) is 6.85. The number of hydrogen-bond acceptors (Lipinski definition) is 5. The summed E-state index contributed by atoms with van der Waals surface area (Å²) >= 11 is 0. The van der Waals surface area contributed by atoms with Crippen LogP contribution in [-0.4, -0.2) is 35.2 Å². The molecule has 22 heavy (non-hydrogen) atoms. The maximum absolute atomic E-state index is 12.6. The molecule has 6 nitrogen and oxygen atoms in total. The van der Waals surface area contributed by atoms with Crippen molar-refractivity contribution in [3.05, 3.63) is 18.2 Å². The van der Waals surface area contributed by atoms with Gasteiger partial charge < -0.3 is 15.2 Å². The number of hydrogen-bond donors (Lipinski definition) is 2. The van der Waals surface area contributed by atoms with Crippen LogP contribution in [0.4, 0.5) is 0 Å². The Bertz CT molecular complexity index is 595. The standard InChI is InChI=1S/C14H22N2O4S.ClH/c1-19-11-6-7-13(20-2)14(8-11)21(17,18)16-12-5-3-4-10(12)9-15;/h6-8,10,12,16H,3-5,9,15H2,1-2H3;1H. The lowest BCUT2D eigenvalue weighted by Crippen LogP contribution is -2.39. The van der Waals surface area contributed by atoms with Crippen LogP contribution in [0.15, 0.2) is 23.1 Å². The third-order valence-electron chi connectivity index (χ3n) is 3.93. The van der Waals surface area contributed by atoms with Crippen LogP contribution in [0.3, 0.4) is 0 Å². The van der Waals surface area contributed by atoms with Gasteiger partial charge in [0.15, 0.2) is 0 Å². The quantitative estimate of drug-likeness (QED) is 0.812. The van der Waals surface area contributed by atoms with Gasteiger partial charge >= 0.3 is 0 Å².